The van der Waals surface area contributed by atoms with Crippen molar-refractivity contribution in [3.63, 3.8) is 0 Å². The maximum atomic E-state index is 12.8. The Labute approximate surface area is 146 Å². The van der Waals surface area contributed by atoms with E-state index in [1.807, 2.05) is 28.8 Å². The first-order chi connectivity index (χ1) is 11.7. The van der Waals surface area contributed by atoms with Gasteiger partial charge in [-0.05, 0) is 25.0 Å². The first kappa shape index (κ1) is 17.0. The van der Waals surface area contributed by atoms with E-state index in [1.54, 1.807) is 24.1 Å². The van der Waals surface area contributed by atoms with Gasteiger partial charge in [0.1, 0.15) is 11.8 Å². The molecular weight excluding hydrogens is 326 g/mol. The van der Waals surface area contributed by atoms with E-state index < -0.39 is 0 Å². The molecule has 7 heteroatoms. The van der Waals surface area contributed by atoms with Crippen LogP contribution in [-0.4, -0.2) is 66.0 Å². The number of benzene rings is 1. The summed E-state index contributed by atoms with van der Waals surface area (Å²) < 4.78 is 5.27. The highest BCUT2D eigenvalue weighted by molar-refractivity contribution is 7.99. The molecule has 2 aliphatic rings. The summed E-state index contributed by atoms with van der Waals surface area (Å²) in [6, 6.07) is 6.71. The Balaban J connectivity index is 1.68. The van der Waals surface area contributed by atoms with E-state index in [9.17, 15) is 9.59 Å². The first-order valence-electron chi connectivity index (χ1n) is 8.28. The molecule has 0 radical (unpaired) electrons. The fourth-order valence-corrected chi connectivity index (χ4v) is 4.10. The molecule has 0 aliphatic carbocycles. The lowest BCUT2D eigenvalue weighted by atomic mass is 10.2. The second kappa shape index (κ2) is 7.79. The summed E-state index contributed by atoms with van der Waals surface area (Å²) in [6.45, 7) is 2.17. The number of carbonyl (C=O) groups is 2. The SMILES string of the molecule is COc1ccccc1NC(=O)N1CCCC1C(=O)N1CCSCC1. The van der Waals surface area contributed by atoms with Crippen LogP contribution in [0.15, 0.2) is 24.3 Å². The van der Waals surface area contributed by atoms with E-state index >= 15 is 0 Å². The molecule has 1 aromatic carbocycles. The summed E-state index contributed by atoms with van der Waals surface area (Å²) in [5.74, 6) is 2.65. The Bertz CT molecular complexity index is 604. The highest BCUT2D eigenvalue weighted by Gasteiger charge is 2.37. The number of likely N-dealkylation sites (tertiary alicyclic amines) is 1. The maximum Gasteiger partial charge on any atom is 0.322 e. The average molecular weight is 349 g/mol. The first-order valence-corrected chi connectivity index (χ1v) is 9.43. The monoisotopic (exact) mass is 349 g/mol. The quantitative estimate of drug-likeness (QED) is 0.909. The molecule has 2 heterocycles. The molecule has 2 aliphatic heterocycles. The highest BCUT2D eigenvalue weighted by atomic mass is 32.2. The fraction of sp³-hybridized carbons (Fsp3) is 0.529. The van der Waals surface area contributed by atoms with Gasteiger partial charge < -0.3 is 19.9 Å². The van der Waals surface area contributed by atoms with Crippen molar-refractivity contribution in [2.24, 2.45) is 0 Å². The second-order valence-corrected chi connectivity index (χ2v) is 7.14. The molecule has 2 saturated heterocycles. The predicted molar refractivity (Wildman–Crippen MR) is 95.6 cm³/mol. The van der Waals surface area contributed by atoms with Crippen LogP contribution in [0.5, 0.6) is 5.75 Å². The number of carbonyl (C=O) groups excluding carboxylic acids is 2. The minimum absolute atomic E-state index is 0.0861. The molecule has 6 nitrogen and oxygen atoms in total. The summed E-state index contributed by atoms with van der Waals surface area (Å²) in [4.78, 5) is 29.0. The number of para-hydroxylation sites is 2. The van der Waals surface area contributed by atoms with Gasteiger partial charge in [0, 0.05) is 31.1 Å². The molecule has 130 valence electrons. The van der Waals surface area contributed by atoms with Crippen molar-refractivity contribution in [3.05, 3.63) is 24.3 Å². The third-order valence-electron chi connectivity index (χ3n) is 4.47. The van der Waals surface area contributed by atoms with Gasteiger partial charge in [-0.25, -0.2) is 4.79 Å². The van der Waals surface area contributed by atoms with Gasteiger partial charge in [0.15, 0.2) is 0 Å². The minimum atomic E-state index is -0.345. The summed E-state index contributed by atoms with van der Waals surface area (Å²) in [5.41, 5.74) is 0.623. The fourth-order valence-electron chi connectivity index (χ4n) is 3.20. The van der Waals surface area contributed by atoms with E-state index in [0.717, 1.165) is 37.4 Å². The van der Waals surface area contributed by atoms with Crippen molar-refractivity contribution in [3.8, 4) is 5.75 Å². The van der Waals surface area contributed by atoms with Crippen LogP contribution in [0.1, 0.15) is 12.8 Å². The Morgan fingerprint density at radius 1 is 1.21 bits per heavy atom. The molecule has 2 fully saturated rings. The zero-order chi connectivity index (χ0) is 16.9. The number of rotatable bonds is 3. The van der Waals surface area contributed by atoms with E-state index in [-0.39, 0.29) is 18.0 Å². The van der Waals surface area contributed by atoms with Crippen LogP contribution in [0.3, 0.4) is 0 Å². The molecular formula is C17H23N3O3S. The Morgan fingerprint density at radius 2 is 1.96 bits per heavy atom. The van der Waals surface area contributed by atoms with Crippen LogP contribution >= 0.6 is 11.8 Å². The Morgan fingerprint density at radius 3 is 2.71 bits per heavy atom. The molecule has 0 saturated carbocycles. The Kier molecular flexibility index (Phi) is 5.50. The van der Waals surface area contributed by atoms with Crippen LogP contribution in [0.2, 0.25) is 0 Å². The average Bonchev–Trinajstić information content (AvgIpc) is 3.12. The smallest absolute Gasteiger partial charge is 0.322 e. The highest BCUT2D eigenvalue weighted by Crippen LogP contribution is 2.26. The standard InChI is InChI=1S/C17H23N3O3S/c1-23-15-7-3-2-5-13(15)18-17(22)20-8-4-6-14(20)16(21)19-9-11-24-12-10-19/h2-3,5,7,14H,4,6,8-12H2,1H3,(H,18,22). The predicted octanol–water partition coefficient (Wildman–Crippen LogP) is 2.27. The molecule has 1 atom stereocenters. The van der Waals surface area contributed by atoms with E-state index in [0.29, 0.717) is 18.0 Å². The number of nitrogens with zero attached hydrogens (tertiary/aromatic N) is 2. The molecule has 1 aromatic rings. The van der Waals surface area contributed by atoms with Crippen molar-refractivity contribution in [1.82, 2.24) is 9.80 Å². The maximum absolute atomic E-state index is 12.8. The van der Waals surface area contributed by atoms with Crippen LogP contribution in [0.4, 0.5) is 10.5 Å². The lowest BCUT2D eigenvalue weighted by molar-refractivity contribution is -0.134. The summed E-state index contributed by atoms with van der Waals surface area (Å²) in [5, 5.41) is 2.88. The number of hydrogen-bond donors (Lipinski definition) is 1. The topological polar surface area (TPSA) is 61.9 Å². The zero-order valence-corrected chi connectivity index (χ0v) is 14.7. The third kappa shape index (κ3) is 3.61. The number of nitrogens with one attached hydrogen (secondary N) is 1. The Hall–Kier alpha value is -1.89. The van der Waals surface area contributed by atoms with Crippen LogP contribution in [0.25, 0.3) is 0 Å². The lowest BCUT2D eigenvalue weighted by Crippen LogP contribution is -2.51. The van der Waals surface area contributed by atoms with Gasteiger partial charge in [-0.2, -0.15) is 11.8 Å². The largest absolute Gasteiger partial charge is 0.495 e. The van der Waals surface area contributed by atoms with Crippen LogP contribution in [0, 0.1) is 0 Å². The number of ether oxygens (including phenoxy) is 1. The number of thioether (sulfide) groups is 1. The van der Waals surface area contributed by atoms with Crippen molar-refractivity contribution >= 4 is 29.4 Å². The molecule has 1 unspecified atom stereocenters. The van der Waals surface area contributed by atoms with Crippen molar-refractivity contribution in [2.45, 2.75) is 18.9 Å². The summed E-state index contributed by atoms with van der Waals surface area (Å²) in [7, 11) is 1.57. The normalized spacial score (nSPS) is 20.8. The molecule has 24 heavy (non-hydrogen) atoms. The van der Waals surface area contributed by atoms with Crippen molar-refractivity contribution in [2.75, 3.05) is 43.6 Å². The van der Waals surface area contributed by atoms with Crippen LogP contribution in [-0.2, 0) is 4.79 Å². The number of anilines is 1. The van der Waals surface area contributed by atoms with Gasteiger partial charge in [0.05, 0.1) is 12.8 Å². The zero-order valence-electron chi connectivity index (χ0n) is 13.9. The van der Waals surface area contributed by atoms with Gasteiger partial charge in [-0.3, -0.25) is 4.79 Å². The number of amides is 3. The second-order valence-electron chi connectivity index (χ2n) is 5.92. The van der Waals surface area contributed by atoms with Crippen molar-refractivity contribution < 1.29 is 14.3 Å². The van der Waals surface area contributed by atoms with Gasteiger partial charge >= 0.3 is 6.03 Å². The molecule has 1 N–H and O–H groups in total. The molecule has 0 aromatic heterocycles. The van der Waals surface area contributed by atoms with Gasteiger partial charge in [0.2, 0.25) is 5.91 Å². The molecule has 3 amide bonds. The number of urea groups is 1. The molecule has 0 spiro atoms. The molecule has 3 rings (SSSR count). The van der Waals surface area contributed by atoms with E-state index in [1.165, 1.54) is 0 Å². The minimum Gasteiger partial charge on any atom is -0.495 e. The number of methoxy groups -OCH3 is 1. The third-order valence-corrected chi connectivity index (χ3v) is 5.41. The lowest BCUT2D eigenvalue weighted by Gasteiger charge is -2.32. The number of hydrogen-bond acceptors (Lipinski definition) is 4. The van der Waals surface area contributed by atoms with E-state index in [4.69, 9.17) is 4.74 Å². The van der Waals surface area contributed by atoms with Gasteiger partial charge in [-0.15, -0.1) is 0 Å². The van der Waals surface area contributed by atoms with E-state index in [2.05, 4.69) is 5.32 Å². The van der Waals surface area contributed by atoms with Crippen LogP contribution < -0.4 is 10.1 Å². The van der Waals surface area contributed by atoms with Gasteiger partial charge in [0.25, 0.3) is 0 Å². The van der Waals surface area contributed by atoms with Crippen molar-refractivity contribution in [1.29, 1.82) is 0 Å². The summed E-state index contributed by atoms with van der Waals surface area (Å²) in [6.07, 6.45) is 1.60. The molecule has 0 bridgehead atoms. The summed E-state index contributed by atoms with van der Waals surface area (Å²) >= 11 is 1.87. The van der Waals surface area contributed by atoms with Gasteiger partial charge in [-0.1, -0.05) is 12.1 Å².